The molecule has 0 unspecified atom stereocenters. The molecule has 9 nitrogen and oxygen atoms in total. The second kappa shape index (κ2) is 8.56. The number of hydrogen-bond donors (Lipinski definition) is 1. The lowest BCUT2D eigenvalue weighted by molar-refractivity contribution is -0.384. The third kappa shape index (κ3) is 3.58. The lowest BCUT2D eigenvalue weighted by atomic mass is 9.84. The van der Waals surface area contributed by atoms with Crippen LogP contribution in [0.4, 0.5) is 17.1 Å². The number of nitro groups is 1. The first-order valence-electron chi connectivity index (χ1n) is 11.6. The quantitative estimate of drug-likeness (QED) is 0.313. The van der Waals surface area contributed by atoms with Crippen molar-refractivity contribution in [2.45, 2.75) is 12.1 Å². The molecule has 3 aliphatic rings. The van der Waals surface area contributed by atoms with Gasteiger partial charge in [0.25, 0.3) is 5.69 Å². The summed E-state index contributed by atoms with van der Waals surface area (Å²) >= 11 is 5.97. The number of halogens is 1. The summed E-state index contributed by atoms with van der Waals surface area (Å²) in [5.41, 5.74) is 2.36. The number of amides is 3. The largest absolute Gasteiger partial charge is 0.357 e. The number of imide groups is 1. The van der Waals surface area contributed by atoms with Gasteiger partial charge in [-0.25, -0.2) is 4.90 Å². The highest BCUT2D eigenvalue weighted by Gasteiger charge is 2.64. The second-order valence-corrected chi connectivity index (χ2v) is 9.55. The van der Waals surface area contributed by atoms with Crippen LogP contribution >= 0.6 is 11.6 Å². The zero-order valence-electron chi connectivity index (χ0n) is 19.2. The topological polar surface area (TPSA) is 113 Å². The molecule has 0 aromatic heterocycles. The van der Waals surface area contributed by atoms with Crippen LogP contribution in [0.1, 0.15) is 17.2 Å². The number of hydrogen-bond acceptors (Lipinski definition) is 6. The smallest absolute Gasteiger partial charge is 0.269 e. The number of non-ortho nitro benzene ring substituents is 1. The molecular weight excluding hydrogens is 496 g/mol. The number of anilines is 2. The van der Waals surface area contributed by atoms with Gasteiger partial charge in [0, 0.05) is 29.0 Å². The van der Waals surface area contributed by atoms with Gasteiger partial charge in [-0.15, -0.1) is 0 Å². The first-order valence-corrected chi connectivity index (χ1v) is 12.0. The highest BCUT2D eigenvalue weighted by molar-refractivity contribution is 6.30. The van der Waals surface area contributed by atoms with Crippen LogP contribution in [0.25, 0.3) is 6.08 Å². The maximum Gasteiger partial charge on any atom is 0.269 e. The Labute approximate surface area is 216 Å². The van der Waals surface area contributed by atoms with Crippen molar-refractivity contribution in [1.29, 1.82) is 0 Å². The number of benzene rings is 3. The van der Waals surface area contributed by atoms with Crippen LogP contribution in [0.5, 0.6) is 0 Å². The SMILES string of the molecule is O=C(Nc1ccc(Cl)cc1)[C@H]1[C@H]2C(=O)N(c3ccc([N+](=O)[O-])cc3)C(=O)[C@@H]2[C@H]2c3ccccc3C=CN21. The number of rotatable bonds is 4. The van der Waals surface area contributed by atoms with E-state index in [4.69, 9.17) is 11.6 Å². The standard InChI is InChI=1S/C27H19ClN4O5/c28-16-5-7-17(8-6-16)29-25(33)24-22-21(23-20-4-2-1-3-15(20)13-14-30(23)24)26(34)31(27(22)35)18-9-11-19(12-10-18)32(36)37/h1-14,21-24H,(H,29,33)/t21-,22-,23+,24+/m0/s1. The molecule has 0 saturated carbocycles. The van der Waals surface area contributed by atoms with Crippen molar-refractivity contribution in [1.82, 2.24) is 4.90 Å². The maximum atomic E-state index is 13.8. The zero-order valence-corrected chi connectivity index (χ0v) is 19.9. The highest BCUT2D eigenvalue weighted by Crippen LogP contribution is 2.53. The van der Waals surface area contributed by atoms with Gasteiger partial charge in [0.05, 0.1) is 28.5 Å². The summed E-state index contributed by atoms with van der Waals surface area (Å²) in [7, 11) is 0. The molecule has 4 atom stereocenters. The van der Waals surface area contributed by atoms with Crippen LogP contribution in [0.2, 0.25) is 5.02 Å². The molecule has 3 heterocycles. The van der Waals surface area contributed by atoms with E-state index in [9.17, 15) is 24.5 Å². The van der Waals surface area contributed by atoms with E-state index in [1.165, 1.54) is 24.3 Å². The Morgan fingerprint density at radius 2 is 1.59 bits per heavy atom. The van der Waals surface area contributed by atoms with Crippen molar-refractivity contribution in [2.75, 3.05) is 10.2 Å². The van der Waals surface area contributed by atoms with Gasteiger partial charge in [-0.2, -0.15) is 0 Å². The van der Waals surface area contributed by atoms with Crippen LogP contribution in [-0.4, -0.2) is 33.6 Å². The molecule has 1 N–H and O–H groups in total. The molecule has 3 aromatic carbocycles. The van der Waals surface area contributed by atoms with Crippen molar-refractivity contribution in [3.8, 4) is 0 Å². The third-order valence-corrected chi connectivity index (χ3v) is 7.41. The van der Waals surface area contributed by atoms with E-state index >= 15 is 0 Å². The van der Waals surface area contributed by atoms with Gasteiger partial charge < -0.3 is 10.2 Å². The minimum atomic E-state index is -0.949. The average molecular weight is 515 g/mol. The lowest BCUT2D eigenvalue weighted by Crippen LogP contribution is -2.46. The fraction of sp³-hybridized carbons (Fsp3) is 0.148. The molecule has 6 rings (SSSR count). The first-order chi connectivity index (χ1) is 17.8. The van der Waals surface area contributed by atoms with Gasteiger partial charge in [-0.05, 0) is 53.6 Å². The predicted octanol–water partition coefficient (Wildman–Crippen LogP) is 4.40. The number of carbonyl (C=O) groups is 3. The summed E-state index contributed by atoms with van der Waals surface area (Å²) in [6.45, 7) is 0. The Balaban J connectivity index is 1.42. The number of nitrogens with zero attached hydrogens (tertiary/aromatic N) is 3. The average Bonchev–Trinajstić information content (AvgIpc) is 3.38. The lowest BCUT2D eigenvalue weighted by Gasteiger charge is -2.35. The Morgan fingerprint density at radius 3 is 2.30 bits per heavy atom. The minimum absolute atomic E-state index is 0.152. The second-order valence-electron chi connectivity index (χ2n) is 9.11. The van der Waals surface area contributed by atoms with Crippen molar-refractivity contribution in [3.63, 3.8) is 0 Å². The first kappa shape index (κ1) is 22.9. The molecule has 3 aromatic rings. The van der Waals surface area contributed by atoms with E-state index in [1.807, 2.05) is 30.3 Å². The van der Waals surface area contributed by atoms with Gasteiger partial charge in [0.15, 0.2) is 0 Å². The monoisotopic (exact) mass is 514 g/mol. The van der Waals surface area contributed by atoms with Crippen molar-refractivity contribution in [3.05, 3.63) is 105 Å². The molecule has 0 bridgehead atoms. The molecule has 184 valence electrons. The van der Waals surface area contributed by atoms with E-state index in [0.717, 1.165) is 16.0 Å². The van der Waals surface area contributed by atoms with E-state index in [-0.39, 0.29) is 11.4 Å². The fourth-order valence-corrected chi connectivity index (χ4v) is 5.71. The number of fused-ring (bicyclic) bond motifs is 5. The zero-order chi connectivity index (χ0) is 25.8. The van der Waals surface area contributed by atoms with Crippen LogP contribution < -0.4 is 10.2 Å². The molecule has 10 heteroatoms. The minimum Gasteiger partial charge on any atom is -0.357 e. The molecule has 37 heavy (non-hydrogen) atoms. The predicted molar refractivity (Wildman–Crippen MR) is 136 cm³/mol. The highest BCUT2D eigenvalue weighted by atomic mass is 35.5. The van der Waals surface area contributed by atoms with Gasteiger partial charge in [0.2, 0.25) is 17.7 Å². The van der Waals surface area contributed by atoms with Gasteiger partial charge in [-0.1, -0.05) is 35.9 Å². The van der Waals surface area contributed by atoms with Gasteiger partial charge in [-0.3, -0.25) is 24.5 Å². The number of nitro benzene ring substituents is 1. The summed E-state index contributed by atoms with van der Waals surface area (Å²) in [4.78, 5) is 54.7. The van der Waals surface area contributed by atoms with Crippen LogP contribution in [0, 0.1) is 22.0 Å². The normalized spacial score (nSPS) is 23.5. The van der Waals surface area contributed by atoms with Crippen molar-refractivity contribution >= 4 is 52.5 Å². The van der Waals surface area contributed by atoms with E-state index < -0.39 is 46.6 Å². The van der Waals surface area contributed by atoms with E-state index in [1.54, 1.807) is 35.4 Å². The van der Waals surface area contributed by atoms with Crippen LogP contribution in [0.3, 0.4) is 0 Å². The Hall–Kier alpha value is -4.50. The molecule has 0 radical (unpaired) electrons. The summed E-state index contributed by atoms with van der Waals surface area (Å²) in [6.07, 6.45) is 3.65. The summed E-state index contributed by atoms with van der Waals surface area (Å²) in [5, 5.41) is 14.5. The number of carbonyl (C=O) groups excluding carboxylic acids is 3. The fourth-order valence-electron chi connectivity index (χ4n) is 5.58. The molecule has 2 saturated heterocycles. The van der Waals surface area contributed by atoms with Crippen LogP contribution in [0.15, 0.2) is 79.0 Å². The number of nitrogens with one attached hydrogen (secondary N) is 1. The van der Waals surface area contributed by atoms with Crippen molar-refractivity contribution in [2.24, 2.45) is 11.8 Å². The van der Waals surface area contributed by atoms with Crippen LogP contribution in [-0.2, 0) is 14.4 Å². The molecule has 0 aliphatic carbocycles. The molecule has 0 spiro atoms. The van der Waals surface area contributed by atoms with E-state index in [2.05, 4.69) is 5.32 Å². The molecule has 2 fully saturated rings. The summed E-state index contributed by atoms with van der Waals surface area (Å²) < 4.78 is 0. The Kier molecular flexibility index (Phi) is 5.31. The maximum absolute atomic E-state index is 13.8. The van der Waals surface area contributed by atoms with E-state index in [0.29, 0.717) is 10.7 Å². The summed E-state index contributed by atoms with van der Waals surface area (Å²) in [5.74, 6) is -3.13. The molecular formula is C27H19ClN4O5. The van der Waals surface area contributed by atoms with Gasteiger partial charge in [0.1, 0.15) is 6.04 Å². The van der Waals surface area contributed by atoms with Crippen molar-refractivity contribution < 1.29 is 19.3 Å². The third-order valence-electron chi connectivity index (χ3n) is 7.16. The summed E-state index contributed by atoms with van der Waals surface area (Å²) in [6, 6.07) is 18.0. The molecule has 3 aliphatic heterocycles. The Morgan fingerprint density at radius 1 is 0.919 bits per heavy atom. The Bertz CT molecular complexity index is 1490. The molecule has 3 amide bonds. The van der Waals surface area contributed by atoms with Gasteiger partial charge >= 0.3 is 0 Å².